The van der Waals surface area contributed by atoms with E-state index < -0.39 is 20.6 Å². The average molecular weight is 321 g/mol. The molecule has 0 atom stereocenters. The van der Waals surface area contributed by atoms with Crippen molar-refractivity contribution in [2.24, 2.45) is 0 Å². The Bertz CT molecular complexity index is 716. The maximum Gasteiger partial charge on any atom is 0.300 e. The van der Waals surface area contributed by atoms with Gasteiger partial charge in [0, 0.05) is 18.5 Å². The molecule has 0 saturated heterocycles. The number of hydrogen-bond acceptors (Lipinski definition) is 7. The summed E-state index contributed by atoms with van der Waals surface area (Å²) >= 11 is 6.19. The minimum absolute atomic E-state index is 0.130. The lowest BCUT2D eigenvalue weighted by Gasteiger charge is -2.02. The molecule has 0 aliphatic rings. The van der Waals surface area contributed by atoms with Crippen molar-refractivity contribution in [2.75, 3.05) is 4.72 Å². The van der Waals surface area contributed by atoms with Gasteiger partial charge in [-0.3, -0.25) is 10.1 Å². The summed E-state index contributed by atoms with van der Waals surface area (Å²) in [5.41, 5.74) is -0.457. The molecule has 0 bridgehead atoms. The lowest BCUT2D eigenvalue weighted by atomic mass is 10.6. The van der Waals surface area contributed by atoms with E-state index in [1.54, 1.807) is 0 Å². The van der Waals surface area contributed by atoms with Crippen LogP contribution in [0.1, 0.15) is 0 Å². The molecule has 0 aliphatic carbocycles. The summed E-state index contributed by atoms with van der Waals surface area (Å²) in [7, 11) is -3.99. The van der Waals surface area contributed by atoms with E-state index in [2.05, 4.69) is 14.7 Å². The molecule has 1 N–H and O–H groups in total. The molecule has 100 valence electrons. The fourth-order valence-electron chi connectivity index (χ4n) is 1.12. The Hall–Kier alpha value is -1.78. The third-order valence-electron chi connectivity index (χ3n) is 1.90. The van der Waals surface area contributed by atoms with Crippen LogP contribution in [-0.4, -0.2) is 23.3 Å². The summed E-state index contributed by atoms with van der Waals surface area (Å²) in [6.45, 7) is 0. The fourth-order valence-corrected chi connectivity index (χ4v) is 3.74. The normalized spacial score (nSPS) is 11.2. The van der Waals surface area contributed by atoms with Crippen molar-refractivity contribution < 1.29 is 13.3 Å². The quantitative estimate of drug-likeness (QED) is 0.679. The molecule has 0 fully saturated rings. The van der Waals surface area contributed by atoms with Gasteiger partial charge >= 0.3 is 0 Å². The highest BCUT2D eigenvalue weighted by atomic mass is 35.5. The Labute approximate surface area is 116 Å². The molecule has 2 aromatic heterocycles. The van der Waals surface area contributed by atoms with Crippen molar-refractivity contribution >= 4 is 44.6 Å². The summed E-state index contributed by atoms with van der Waals surface area (Å²) in [5.74, 6) is -0.130. The van der Waals surface area contributed by atoms with Gasteiger partial charge in [0.25, 0.3) is 15.7 Å². The Morgan fingerprint density at radius 3 is 2.53 bits per heavy atom. The van der Waals surface area contributed by atoms with Crippen LogP contribution >= 0.6 is 22.9 Å². The number of sulfonamides is 1. The summed E-state index contributed by atoms with van der Waals surface area (Å²) in [6, 6.07) is 2.41. The molecular weight excluding hydrogens is 316 g/mol. The molecule has 0 spiro atoms. The smallest absolute Gasteiger partial charge is 0.258 e. The summed E-state index contributed by atoms with van der Waals surface area (Å²) in [6.07, 6.45) is 2.71. The van der Waals surface area contributed by atoms with Gasteiger partial charge < -0.3 is 0 Å². The van der Waals surface area contributed by atoms with Crippen LogP contribution in [0.25, 0.3) is 0 Å². The van der Waals surface area contributed by atoms with Gasteiger partial charge in [0.15, 0.2) is 4.34 Å². The Balaban J connectivity index is 2.35. The van der Waals surface area contributed by atoms with Gasteiger partial charge in [0.2, 0.25) is 5.95 Å². The highest BCUT2D eigenvalue weighted by molar-refractivity contribution is 7.94. The number of rotatable bonds is 4. The van der Waals surface area contributed by atoms with Gasteiger partial charge in [-0.25, -0.2) is 23.1 Å². The average Bonchev–Trinajstić information content (AvgIpc) is 2.73. The summed E-state index contributed by atoms with van der Waals surface area (Å²) in [5, 5.41) is 10.6. The second kappa shape index (κ2) is 5.07. The predicted molar refractivity (Wildman–Crippen MR) is 68.8 cm³/mol. The Kier molecular flexibility index (Phi) is 3.64. The van der Waals surface area contributed by atoms with Crippen LogP contribution in [0.3, 0.4) is 0 Å². The standard InChI is InChI=1S/C8H5ClN4O4S2/c9-7-5(13(14)15)4-6(18-7)19(16,17)12-8-10-2-1-3-11-8/h1-4H,(H,10,11,12). The minimum atomic E-state index is -3.99. The highest BCUT2D eigenvalue weighted by Gasteiger charge is 2.25. The van der Waals surface area contributed by atoms with Crippen LogP contribution in [-0.2, 0) is 10.0 Å². The first-order valence-corrected chi connectivity index (χ1v) is 7.31. The molecule has 2 aromatic rings. The van der Waals surface area contributed by atoms with Gasteiger partial charge in [0.05, 0.1) is 4.92 Å². The number of halogens is 1. The summed E-state index contributed by atoms with van der Waals surface area (Å²) in [4.78, 5) is 17.2. The zero-order valence-corrected chi connectivity index (χ0v) is 11.4. The number of nitrogens with zero attached hydrogens (tertiary/aromatic N) is 3. The molecule has 0 amide bonds. The van der Waals surface area contributed by atoms with Crippen LogP contribution in [0.15, 0.2) is 28.7 Å². The molecule has 0 saturated carbocycles. The number of thiophene rings is 1. The topological polar surface area (TPSA) is 115 Å². The number of hydrogen-bond donors (Lipinski definition) is 1. The molecule has 11 heteroatoms. The number of nitro groups is 1. The monoisotopic (exact) mass is 320 g/mol. The Morgan fingerprint density at radius 1 is 1.37 bits per heavy atom. The molecule has 0 radical (unpaired) electrons. The lowest BCUT2D eigenvalue weighted by molar-refractivity contribution is -0.384. The van der Waals surface area contributed by atoms with Crippen LogP contribution < -0.4 is 4.72 Å². The van der Waals surface area contributed by atoms with E-state index in [1.807, 2.05) is 0 Å². The zero-order valence-electron chi connectivity index (χ0n) is 8.98. The molecule has 2 rings (SSSR count). The summed E-state index contributed by atoms with van der Waals surface area (Å²) < 4.78 is 25.5. The third-order valence-corrected chi connectivity index (χ3v) is 5.04. The number of aromatic nitrogens is 2. The van der Waals surface area contributed by atoms with Crippen molar-refractivity contribution in [3.63, 3.8) is 0 Å². The third kappa shape index (κ3) is 2.97. The van der Waals surface area contributed by atoms with Crippen molar-refractivity contribution in [1.29, 1.82) is 0 Å². The Morgan fingerprint density at radius 2 is 2.00 bits per heavy atom. The van der Waals surface area contributed by atoms with Gasteiger partial charge in [-0.15, -0.1) is 11.3 Å². The van der Waals surface area contributed by atoms with Crippen molar-refractivity contribution in [3.05, 3.63) is 39.0 Å². The minimum Gasteiger partial charge on any atom is -0.258 e. The maximum atomic E-state index is 11.9. The van der Waals surface area contributed by atoms with Gasteiger partial charge in [-0.1, -0.05) is 11.6 Å². The van der Waals surface area contributed by atoms with E-state index in [0.29, 0.717) is 11.3 Å². The van der Waals surface area contributed by atoms with Crippen molar-refractivity contribution in [2.45, 2.75) is 4.21 Å². The predicted octanol–water partition coefficient (Wildman–Crippen LogP) is 1.90. The second-order valence-corrected chi connectivity index (χ2v) is 6.72. The van der Waals surface area contributed by atoms with Crippen LogP contribution in [0, 0.1) is 10.1 Å². The molecule has 2 heterocycles. The SMILES string of the molecule is O=[N+]([O-])c1cc(S(=O)(=O)Nc2ncccn2)sc1Cl. The molecule has 0 aromatic carbocycles. The van der Waals surface area contributed by atoms with Crippen LogP contribution in [0.5, 0.6) is 0 Å². The second-order valence-electron chi connectivity index (χ2n) is 3.16. The fraction of sp³-hybridized carbons (Fsp3) is 0. The van der Waals surface area contributed by atoms with E-state index in [4.69, 9.17) is 11.6 Å². The first-order valence-electron chi connectivity index (χ1n) is 4.64. The largest absolute Gasteiger partial charge is 0.300 e. The molecular formula is C8H5ClN4O4S2. The molecule has 19 heavy (non-hydrogen) atoms. The van der Waals surface area contributed by atoms with Crippen LogP contribution in [0.4, 0.5) is 11.6 Å². The first kappa shape index (κ1) is 13.6. The number of anilines is 1. The van der Waals surface area contributed by atoms with Gasteiger partial charge in [-0.2, -0.15) is 0 Å². The molecule has 8 nitrogen and oxygen atoms in total. The zero-order chi connectivity index (χ0) is 14.0. The van der Waals surface area contributed by atoms with E-state index in [1.165, 1.54) is 18.5 Å². The van der Waals surface area contributed by atoms with Crippen molar-refractivity contribution in [3.8, 4) is 0 Å². The number of nitrogens with one attached hydrogen (secondary N) is 1. The van der Waals surface area contributed by atoms with Crippen molar-refractivity contribution in [1.82, 2.24) is 9.97 Å². The molecule has 0 unspecified atom stereocenters. The van der Waals surface area contributed by atoms with E-state index in [9.17, 15) is 18.5 Å². The van der Waals surface area contributed by atoms with Crippen LogP contribution in [0.2, 0.25) is 4.34 Å². The van der Waals surface area contributed by atoms with Gasteiger partial charge in [0.1, 0.15) is 4.21 Å². The maximum absolute atomic E-state index is 11.9. The highest BCUT2D eigenvalue weighted by Crippen LogP contribution is 2.36. The van der Waals surface area contributed by atoms with E-state index in [0.717, 1.165) is 6.07 Å². The van der Waals surface area contributed by atoms with E-state index >= 15 is 0 Å². The lowest BCUT2D eigenvalue weighted by Crippen LogP contribution is -2.13. The molecule has 0 aliphatic heterocycles. The van der Waals surface area contributed by atoms with E-state index in [-0.39, 0.29) is 14.5 Å². The first-order chi connectivity index (χ1) is 8.90. The van der Waals surface area contributed by atoms with Gasteiger partial charge in [-0.05, 0) is 6.07 Å².